The molecule has 0 bridgehead atoms. The fourth-order valence-electron chi connectivity index (χ4n) is 2.01. The fraction of sp³-hybridized carbons (Fsp3) is 0.308. The molecule has 6 nitrogen and oxygen atoms in total. The second kappa shape index (κ2) is 5.54. The molecular weight excluding hydrogens is 278 g/mol. The Morgan fingerprint density at radius 2 is 2.15 bits per heavy atom. The molecule has 0 aliphatic carbocycles. The molecule has 1 aliphatic heterocycles. The number of benzene rings is 1. The van der Waals surface area contributed by atoms with Crippen LogP contribution in [0.2, 0.25) is 0 Å². The smallest absolute Gasteiger partial charge is 0.344 e. The number of hydrogen-bond donors (Lipinski definition) is 1. The molecule has 0 radical (unpaired) electrons. The average Bonchev–Trinajstić information content (AvgIpc) is 3.01. The Bertz CT molecular complexity index is 665. The van der Waals surface area contributed by atoms with Crippen molar-refractivity contribution in [1.82, 2.24) is 14.8 Å². The number of H-pyrrole nitrogens is 1. The summed E-state index contributed by atoms with van der Waals surface area (Å²) in [7, 11) is 0. The summed E-state index contributed by atoms with van der Waals surface area (Å²) in [5.74, 6) is -0.239. The molecule has 0 amide bonds. The highest BCUT2D eigenvalue weighted by atomic mass is 32.2. The van der Waals surface area contributed by atoms with Gasteiger partial charge in [0.15, 0.2) is 5.16 Å². The molecule has 1 aliphatic rings. The van der Waals surface area contributed by atoms with Crippen LogP contribution in [0.25, 0.3) is 0 Å². The van der Waals surface area contributed by atoms with Crippen molar-refractivity contribution in [2.75, 3.05) is 6.61 Å². The topological polar surface area (TPSA) is 77.0 Å². The average molecular weight is 291 g/mol. The van der Waals surface area contributed by atoms with Gasteiger partial charge < -0.3 is 4.74 Å². The van der Waals surface area contributed by atoms with Crippen LogP contribution in [0.15, 0.2) is 40.3 Å². The number of carbonyl (C=O) groups excluding carboxylic acids is 1. The maximum Gasteiger partial charge on any atom is 0.344 e. The first kappa shape index (κ1) is 13.0. The van der Waals surface area contributed by atoms with Gasteiger partial charge in [0.05, 0.1) is 13.2 Å². The van der Waals surface area contributed by atoms with Gasteiger partial charge in [-0.25, -0.2) is 9.89 Å². The SMILES string of the molecule is O=C1OCCC1Sc1n[nH]c(=O)n1Cc1ccccc1. The number of cyclic esters (lactones) is 1. The van der Waals surface area contributed by atoms with Crippen LogP contribution in [-0.4, -0.2) is 32.6 Å². The Morgan fingerprint density at radius 1 is 1.35 bits per heavy atom. The van der Waals surface area contributed by atoms with Crippen LogP contribution in [0.5, 0.6) is 0 Å². The summed E-state index contributed by atoms with van der Waals surface area (Å²) in [6.07, 6.45) is 0.649. The summed E-state index contributed by atoms with van der Waals surface area (Å²) in [6.45, 7) is 0.865. The van der Waals surface area contributed by atoms with Gasteiger partial charge in [-0.15, -0.1) is 5.10 Å². The van der Waals surface area contributed by atoms with Gasteiger partial charge in [-0.05, 0) is 5.56 Å². The summed E-state index contributed by atoms with van der Waals surface area (Å²) in [4.78, 5) is 23.3. The number of ether oxygens (including phenoxy) is 1. The van der Waals surface area contributed by atoms with Gasteiger partial charge in [0.2, 0.25) is 0 Å². The Hall–Kier alpha value is -2.02. The monoisotopic (exact) mass is 291 g/mol. The van der Waals surface area contributed by atoms with Crippen molar-refractivity contribution in [2.24, 2.45) is 0 Å². The van der Waals surface area contributed by atoms with Gasteiger partial charge >= 0.3 is 11.7 Å². The van der Waals surface area contributed by atoms with E-state index in [1.54, 1.807) is 0 Å². The Balaban J connectivity index is 1.82. The molecule has 0 saturated carbocycles. The second-order valence-corrected chi connectivity index (χ2v) is 5.62. The quantitative estimate of drug-likeness (QED) is 0.851. The maximum absolute atomic E-state index is 11.8. The van der Waals surface area contributed by atoms with Crippen molar-refractivity contribution in [2.45, 2.75) is 23.4 Å². The number of rotatable bonds is 4. The minimum absolute atomic E-state index is 0.239. The van der Waals surface area contributed by atoms with Crippen molar-refractivity contribution >= 4 is 17.7 Å². The molecule has 2 aromatic rings. The molecular formula is C13H13N3O3S. The second-order valence-electron chi connectivity index (χ2n) is 4.45. The van der Waals surface area contributed by atoms with E-state index in [4.69, 9.17) is 4.74 Å². The highest BCUT2D eigenvalue weighted by Crippen LogP contribution is 2.27. The molecule has 1 aromatic heterocycles. The zero-order chi connectivity index (χ0) is 13.9. The summed E-state index contributed by atoms with van der Waals surface area (Å²) in [5, 5.41) is 6.66. The van der Waals surface area contributed by atoms with E-state index in [-0.39, 0.29) is 16.9 Å². The van der Waals surface area contributed by atoms with E-state index in [2.05, 4.69) is 10.2 Å². The first-order valence-electron chi connectivity index (χ1n) is 6.26. The van der Waals surface area contributed by atoms with Gasteiger partial charge in [-0.2, -0.15) is 0 Å². The molecule has 7 heteroatoms. The van der Waals surface area contributed by atoms with Crippen LogP contribution >= 0.6 is 11.8 Å². The summed E-state index contributed by atoms with van der Waals surface area (Å²) in [6, 6.07) is 9.64. The zero-order valence-electron chi connectivity index (χ0n) is 10.6. The number of hydrogen-bond acceptors (Lipinski definition) is 5. The number of nitrogens with one attached hydrogen (secondary N) is 1. The van der Waals surface area contributed by atoms with Crippen molar-refractivity contribution in [3.63, 3.8) is 0 Å². The number of thioether (sulfide) groups is 1. The van der Waals surface area contributed by atoms with Crippen LogP contribution in [0.4, 0.5) is 0 Å². The van der Waals surface area contributed by atoms with E-state index < -0.39 is 0 Å². The lowest BCUT2D eigenvalue weighted by molar-refractivity contribution is -0.137. The van der Waals surface area contributed by atoms with Crippen molar-refractivity contribution < 1.29 is 9.53 Å². The van der Waals surface area contributed by atoms with Gasteiger partial charge in [0.25, 0.3) is 0 Å². The van der Waals surface area contributed by atoms with Gasteiger partial charge in [0, 0.05) is 6.42 Å². The normalized spacial score (nSPS) is 18.2. The first-order chi connectivity index (χ1) is 9.74. The minimum Gasteiger partial charge on any atom is -0.465 e. The maximum atomic E-state index is 11.8. The fourth-order valence-corrected chi connectivity index (χ4v) is 3.02. The van der Waals surface area contributed by atoms with E-state index in [0.29, 0.717) is 24.7 Å². The molecule has 1 saturated heterocycles. The third kappa shape index (κ3) is 2.62. The van der Waals surface area contributed by atoms with E-state index >= 15 is 0 Å². The van der Waals surface area contributed by atoms with Gasteiger partial charge in [0.1, 0.15) is 5.25 Å². The highest BCUT2D eigenvalue weighted by molar-refractivity contribution is 8.00. The van der Waals surface area contributed by atoms with Crippen molar-refractivity contribution in [3.8, 4) is 0 Å². The highest BCUT2D eigenvalue weighted by Gasteiger charge is 2.29. The van der Waals surface area contributed by atoms with Crippen molar-refractivity contribution in [1.29, 1.82) is 0 Å². The molecule has 104 valence electrons. The van der Waals surface area contributed by atoms with E-state index in [1.165, 1.54) is 16.3 Å². The summed E-state index contributed by atoms with van der Waals surface area (Å²) in [5.41, 5.74) is 0.731. The number of carbonyl (C=O) groups is 1. The molecule has 1 fully saturated rings. The van der Waals surface area contributed by atoms with E-state index in [1.807, 2.05) is 30.3 Å². The lowest BCUT2D eigenvalue weighted by atomic mass is 10.2. The Kier molecular flexibility index (Phi) is 3.60. The lowest BCUT2D eigenvalue weighted by Crippen LogP contribution is -2.19. The molecule has 1 aromatic carbocycles. The first-order valence-corrected chi connectivity index (χ1v) is 7.14. The van der Waals surface area contributed by atoms with Gasteiger partial charge in [-0.1, -0.05) is 42.1 Å². The Labute approximate surface area is 119 Å². The molecule has 3 rings (SSSR count). The van der Waals surface area contributed by atoms with Crippen molar-refractivity contribution in [3.05, 3.63) is 46.4 Å². The number of aromatic nitrogens is 3. The van der Waals surface area contributed by atoms with E-state index in [0.717, 1.165) is 5.56 Å². The minimum atomic E-state index is -0.278. The largest absolute Gasteiger partial charge is 0.465 e. The lowest BCUT2D eigenvalue weighted by Gasteiger charge is -2.07. The number of aromatic amines is 1. The van der Waals surface area contributed by atoms with Crippen LogP contribution in [0.3, 0.4) is 0 Å². The number of esters is 1. The Morgan fingerprint density at radius 3 is 2.85 bits per heavy atom. The molecule has 2 heterocycles. The molecule has 0 spiro atoms. The zero-order valence-corrected chi connectivity index (χ0v) is 11.4. The summed E-state index contributed by atoms with van der Waals surface area (Å²) >= 11 is 1.27. The predicted octanol–water partition coefficient (Wildman–Crippen LogP) is 1.03. The molecule has 1 N–H and O–H groups in total. The number of nitrogens with zero attached hydrogens (tertiary/aromatic N) is 2. The molecule has 1 atom stereocenters. The standard InChI is InChI=1S/C13H13N3O3S/c17-11-10(6-7-19-11)20-13-15-14-12(18)16(13)8-9-4-2-1-3-5-9/h1-5,10H,6-8H2,(H,14,18). The molecule has 1 unspecified atom stereocenters. The molecule has 20 heavy (non-hydrogen) atoms. The van der Waals surface area contributed by atoms with Crippen LogP contribution in [-0.2, 0) is 16.1 Å². The van der Waals surface area contributed by atoms with Crippen LogP contribution in [0.1, 0.15) is 12.0 Å². The van der Waals surface area contributed by atoms with Crippen LogP contribution < -0.4 is 5.69 Å². The third-order valence-electron chi connectivity index (χ3n) is 3.04. The van der Waals surface area contributed by atoms with Gasteiger partial charge in [-0.3, -0.25) is 9.36 Å². The summed E-state index contributed by atoms with van der Waals surface area (Å²) < 4.78 is 6.45. The third-order valence-corrected chi connectivity index (χ3v) is 4.28. The predicted molar refractivity (Wildman–Crippen MR) is 73.6 cm³/mol. The van der Waals surface area contributed by atoms with E-state index in [9.17, 15) is 9.59 Å². The van der Waals surface area contributed by atoms with Crippen LogP contribution in [0, 0.1) is 0 Å².